The number of amides is 1. The number of sulfone groups is 1. The highest BCUT2D eigenvalue weighted by atomic mass is 32.2. The summed E-state index contributed by atoms with van der Waals surface area (Å²) in [5.41, 5.74) is 0.436. The van der Waals surface area contributed by atoms with Gasteiger partial charge in [-0.25, -0.2) is 8.42 Å². The van der Waals surface area contributed by atoms with Crippen molar-refractivity contribution in [2.75, 3.05) is 5.32 Å². The second-order valence-corrected chi connectivity index (χ2v) is 8.52. The minimum absolute atomic E-state index is 0.00576. The summed E-state index contributed by atoms with van der Waals surface area (Å²) in [4.78, 5) is 22.6. The molecule has 0 atom stereocenters. The Morgan fingerprint density at radius 1 is 0.906 bits per heavy atom. The molecule has 1 heterocycles. The summed E-state index contributed by atoms with van der Waals surface area (Å²) in [6, 6.07) is 21.1. The molecular weight excluding hydrogens is 434 g/mol. The number of nitrogens with zero attached hydrogens (tertiary/aromatic N) is 2. The zero-order chi connectivity index (χ0) is 22.7. The number of benzene rings is 3. The first-order valence-corrected chi connectivity index (χ1v) is 10.8. The maximum atomic E-state index is 13.4. The van der Waals surface area contributed by atoms with Crippen molar-refractivity contribution >= 4 is 27.3 Å². The molecule has 0 saturated carbocycles. The van der Waals surface area contributed by atoms with Gasteiger partial charge in [-0.2, -0.15) is 0 Å². The molecule has 0 aliphatic carbocycles. The lowest BCUT2D eigenvalue weighted by Gasteiger charge is -2.08. The van der Waals surface area contributed by atoms with E-state index in [4.69, 9.17) is 4.52 Å². The number of nitrogens with one attached hydrogen (secondary N) is 1. The van der Waals surface area contributed by atoms with Gasteiger partial charge in [0.05, 0.1) is 9.82 Å². The van der Waals surface area contributed by atoms with Gasteiger partial charge in [0.2, 0.25) is 9.84 Å². The lowest BCUT2D eigenvalue weighted by Crippen LogP contribution is -2.14. The van der Waals surface area contributed by atoms with Crippen LogP contribution in [0.25, 0.3) is 11.3 Å². The van der Waals surface area contributed by atoms with Crippen molar-refractivity contribution in [2.45, 2.75) is 9.79 Å². The predicted molar refractivity (Wildman–Crippen MR) is 115 cm³/mol. The molecule has 0 fully saturated rings. The third kappa shape index (κ3) is 3.98. The van der Waals surface area contributed by atoms with Crippen LogP contribution in [0.15, 0.2) is 99.2 Å². The van der Waals surface area contributed by atoms with E-state index in [1.54, 1.807) is 48.5 Å². The van der Waals surface area contributed by atoms with Crippen LogP contribution in [0.4, 0.5) is 11.6 Å². The van der Waals surface area contributed by atoms with Gasteiger partial charge in [-0.1, -0.05) is 53.7 Å². The summed E-state index contributed by atoms with van der Waals surface area (Å²) < 4.78 is 32.1. The van der Waals surface area contributed by atoms with Gasteiger partial charge >= 0.3 is 0 Å². The smallest absolute Gasteiger partial charge is 0.269 e. The van der Waals surface area contributed by atoms with Gasteiger partial charge in [-0.3, -0.25) is 20.2 Å². The fraction of sp³-hybridized carbons (Fsp3) is 0. The van der Waals surface area contributed by atoms with E-state index >= 15 is 0 Å². The van der Waals surface area contributed by atoms with Gasteiger partial charge in [0.15, 0.2) is 4.90 Å². The van der Waals surface area contributed by atoms with Crippen molar-refractivity contribution in [2.24, 2.45) is 0 Å². The Morgan fingerprint density at radius 2 is 1.50 bits per heavy atom. The second kappa shape index (κ2) is 8.44. The van der Waals surface area contributed by atoms with Crippen LogP contribution >= 0.6 is 0 Å². The lowest BCUT2D eigenvalue weighted by molar-refractivity contribution is -0.384. The van der Waals surface area contributed by atoms with Crippen LogP contribution in [-0.2, 0) is 9.84 Å². The molecule has 4 aromatic rings. The fourth-order valence-corrected chi connectivity index (χ4v) is 4.51. The van der Waals surface area contributed by atoms with Crippen LogP contribution in [0, 0.1) is 10.1 Å². The van der Waals surface area contributed by atoms with E-state index in [1.807, 2.05) is 0 Å². The van der Waals surface area contributed by atoms with Gasteiger partial charge in [0.1, 0.15) is 5.69 Å². The molecule has 9 nitrogen and oxygen atoms in total. The SMILES string of the molecule is O=C(Nc1onc(-c2ccccc2)c1S(=O)(=O)c1ccccc1)c1ccc([N+](=O)[O-])cc1. The Kier molecular flexibility index (Phi) is 5.52. The van der Waals surface area contributed by atoms with Crippen molar-refractivity contribution in [3.05, 3.63) is 101 Å². The average molecular weight is 449 g/mol. The lowest BCUT2D eigenvalue weighted by atomic mass is 10.1. The molecule has 32 heavy (non-hydrogen) atoms. The van der Waals surface area contributed by atoms with E-state index in [0.717, 1.165) is 0 Å². The predicted octanol–water partition coefficient (Wildman–Crippen LogP) is 4.33. The van der Waals surface area contributed by atoms with Crippen LogP contribution in [0.1, 0.15) is 10.4 Å². The number of non-ortho nitro benzene ring substituents is 1. The first-order valence-electron chi connectivity index (χ1n) is 9.29. The summed E-state index contributed by atoms with van der Waals surface area (Å²) in [6.45, 7) is 0. The number of rotatable bonds is 6. The number of anilines is 1. The second-order valence-electron chi connectivity index (χ2n) is 6.63. The highest BCUT2D eigenvalue weighted by Gasteiger charge is 2.32. The molecule has 4 rings (SSSR count). The maximum Gasteiger partial charge on any atom is 0.269 e. The van der Waals surface area contributed by atoms with Gasteiger partial charge in [-0.15, -0.1) is 0 Å². The number of hydrogen-bond acceptors (Lipinski definition) is 7. The van der Waals surface area contributed by atoms with Crippen molar-refractivity contribution in [1.29, 1.82) is 0 Å². The number of nitro benzene ring substituents is 1. The largest absolute Gasteiger partial charge is 0.336 e. The van der Waals surface area contributed by atoms with Gasteiger partial charge < -0.3 is 4.52 Å². The van der Waals surface area contributed by atoms with Gasteiger partial charge in [-0.05, 0) is 24.3 Å². The van der Waals surface area contributed by atoms with Crippen molar-refractivity contribution in [1.82, 2.24) is 5.16 Å². The molecule has 0 radical (unpaired) electrons. The Morgan fingerprint density at radius 3 is 2.09 bits per heavy atom. The summed E-state index contributed by atoms with van der Waals surface area (Å²) in [5, 5.41) is 17.1. The quantitative estimate of drug-likeness (QED) is 0.342. The Labute approximate surface area is 182 Å². The molecule has 0 bridgehead atoms. The number of aromatic nitrogens is 1. The molecule has 0 aliphatic heterocycles. The third-order valence-corrected chi connectivity index (χ3v) is 6.40. The average Bonchev–Trinajstić information content (AvgIpc) is 3.24. The minimum Gasteiger partial charge on any atom is -0.336 e. The monoisotopic (exact) mass is 449 g/mol. The summed E-state index contributed by atoms with van der Waals surface area (Å²) in [7, 11) is -4.11. The molecule has 160 valence electrons. The maximum absolute atomic E-state index is 13.4. The van der Waals surface area contributed by atoms with Crippen LogP contribution in [0.5, 0.6) is 0 Å². The minimum atomic E-state index is -4.11. The van der Waals surface area contributed by atoms with E-state index in [0.29, 0.717) is 5.56 Å². The Hall–Kier alpha value is -4.31. The summed E-state index contributed by atoms with van der Waals surface area (Å²) in [6.07, 6.45) is 0. The molecule has 10 heteroatoms. The van der Waals surface area contributed by atoms with Crippen molar-refractivity contribution in [3.8, 4) is 11.3 Å². The highest BCUT2D eigenvalue weighted by Crippen LogP contribution is 2.36. The number of carbonyl (C=O) groups is 1. The standard InChI is InChI=1S/C22H15N3O6S/c26-21(16-11-13-17(14-12-16)25(27)28)23-22-20(32(29,30)18-9-5-2-6-10-18)19(24-31-22)15-7-3-1-4-8-15/h1-14H,(H,23,26). The van der Waals surface area contributed by atoms with Crippen LogP contribution < -0.4 is 5.32 Å². The van der Waals surface area contributed by atoms with E-state index in [-0.39, 0.29) is 32.6 Å². The van der Waals surface area contributed by atoms with Gasteiger partial charge in [0, 0.05) is 23.3 Å². The zero-order valence-electron chi connectivity index (χ0n) is 16.3. The highest BCUT2D eigenvalue weighted by molar-refractivity contribution is 7.91. The molecule has 1 amide bonds. The summed E-state index contributed by atoms with van der Waals surface area (Å²) in [5.74, 6) is -1.06. The van der Waals surface area contributed by atoms with Gasteiger partial charge in [0.25, 0.3) is 17.5 Å². The molecule has 0 saturated heterocycles. The topological polar surface area (TPSA) is 132 Å². The molecule has 1 aromatic heterocycles. The van der Waals surface area contributed by atoms with Crippen LogP contribution in [0.3, 0.4) is 0 Å². The zero-order valence-corrected chi connectivity index (χ0v) is 17.2. The summed E-state index contributed by atoms with van der Waals surface area (Å²) >= 11 is 0. The van der Waals surface area contributed by atoms with Crippen molar-refractivity contribution in [3.63, 3.8) is 0 Å². The fourth-order valence-electron chi connectivity index (χ4n) is 3.02. The third-order valence-electron chi connectivity index (χ3n) is 4.59. The number of nitro groups is 1. The molecule has 3 aromatic carbocycles. The van der Waals surface area contributed by atoms with Crippen LogP contribution in [-0.4, -0.2) is 24.4 Å². The molecule has 0 aliphatic rings. The first-order chi connectivity index (χ1) is 15.4. The van der Waals surface area contributed by atoms with E-state index < -0.39 is 20.7 Å². The van der Waals surface area contributed by atoms with Crippen LogP contribution in [0.2, 0.25) is 0 Å². The molecule has 0 spiro atoms. The molecular formula is C22H15N3O6S. The number of carbonyl (C=O) groups excluding carboxylic acids is 1. The number of hydrogen-bond donors (Lipinski definition) is 1. The first kappa shape index (κ1) is 20.9. The normalized spacial score (nSPS) is 11.1. The Bertz CT molecular complexity index is 1380. The van der Waals surface area contributed by atoms with E-state index in [9.17, 15) is 23.3 Å². The Balaban J connectivity index is 1.78. The molecule has 1 N–H and O–H groups in total. The van der Waals surface area contributed by atoms with E-state index in [1.165, 1.54) is 36.4 Å². The van der Waals surface area contributed by atoms with Crippen molar-refractivity contribution < 1.29 is 22.7 Å². The van der Waals surface area contributed by atoms with E-state index in [2.05, 4.69) is 10.5 Å². The molecule has 0 unspecified atom stereocenters.